The molecule has 4 aliphatic heterocycles. The van der Waals surface area contributed by atoms with Gasteiger partial charge in [-0.1, -0.05) is 111 Å². The molecule has 12 rings (SSSR count). The van der Waals surface area contributed by atoms with Crippen molar-refractivity contribution in [2.24, 2.45) is 0 Å². The van der Waals surface area contributed by atoms with E-state index in [2.05, 4.69) is 67.2 Å². The number of nitrogen functional groups attached to an aromatic ring is 1. The van der Waals surface area contributed by atoms with E-state index < -0.39 is 7.05 Å². The SMILES string of the molecule is CB(O)Nc1ccc(OCCN2CCOCC2)c2ccccc12.Cc1ccc(-n2nc(C(C)(C)C)cc2NC(=O)Nc2ccc(OCCN3CCOCC3)c3ccccc23)cc1.Cl.Cl.Cl.ClCCN1CCOCC1.Nc1ccc(OCCN2CCOCC2)c2ccccc12.O=CO[O-].[H-].[K+].[K+]. The van der Waals surface area contributed by atoms with Gasteiger partial charge in [-0.2, -0.15) is 5.10 Å². The molecule has 0 bridgehead atoms. The summed E-state index contributed by atoms with van der Waals surface area (Å²) in [4.78, 5) is 33.9. The number of aryl methyl sites for hydroxylation is 1. The van der Waals surface area contributed by atoms with Gasteiger partial charge in [0.05, 0.1) is 69.9 Å². The summed E-state index contributed by atoms with van der Waals surface area (Å²) < 4.78 is 41.2. The van der Waals surface area contributed by atoms with Gasteiger partial charge in [0.2, 0.25) is 0 Å². The Hall–Kier alpha value is -3.63. The molecule has 2 amide bonds. The van der Waals surface area contributed by atoms with Gasteiger partial charge in [-0.05, 0) is 62.3 Å². The number of morpholine rings is 4. The maximum Gasteiger partial charge on any atom is 1.00 e. The van der Waals surface area contributed by atoms with E-state index in [-0.39, 0.29) is 159 Å². The number of hydrogen-bond donors (Lipinski definition) is 5. The summed E-state index contributed by atoms with van der Waals surface area (Å²) >= 11 is 5.55. The predicted octanol–water partition coefficient (Wildman–Crippen LogP) is 4.57. The Morgan fingerprint density at radius 1 is 0.590 bits per heavy atom. The van der Waals surface area contributed by atoms with Crippen molar-refractivity contribution in [2.45, 2.75) is 39.9 Å². The molecule has 6 N–H and O–H groups in total. The summed E-state index contributed by atoms with van der Waals surface area (Å²) in [6, 6.07) is 45.4. The Labute approximate surface area is 699 Å². The Kier molecular flexibility index (Phi) is 44.6. The molecule has 1 aromatic heterocycles. The van der Waals surface area contributed by atoms with E-state index in [9.17, 15) is 9.82 Å². The number of fused-ring (bicyclic) bond motifs is 3. The number of ether oxygens (including phenoxy) is 7. The Bertz CT molecular complexity index is 3630. The molecule has 5 heterocycles. The van der Waals surface area contributed by atoms with Crippen molar-refractivity contribution >= 4 is 124 Å². The first-order chi connectivity index (χ1) is 46.2. The van der Waals surface area contributed by atoms with Crippen LogP contribution in [0.4, 0.5) is 27.7 Å². The molecule has 4 saturated heterocycles. The normalized spacial score (nSPS) is 14.7. The fraction of sp³-hybridized carbons (Fsp3) is 0.423. The number of anilines is 4. The summed E-state index contributed by atoms with van der Waals surface area (Å²) in [5, 5.41) is 38.0. The monoisotopic (exact) mass is 1510 g/mol. The zero-order valence-electron chi connectivity index (χ0n) is 59.7. The number of halogens is 4. The second-order valence-electron chi connectivity index (χ2n) is 24.1. The molecule has 0 aliphatic carbocycles. The molecule has 0 radical (unpaired) electrons. The Balaban J connectivity index is 0.000000481. The van der Waals surface area contributed by atoms with E-state index in [1.807, 2.05) is 140 Å². The van der Waals surface area contributed by atoms with Gasteiger partial charge < -0.3 is 66.0 Å². The summed E-state index contributed by atoms with van der Waals surface area (Å²) in [7, 11) is -0.591. The molecule has 536 valence electrons. The van der Waals surface area contributed by atoms with Gasteiger partial charge in [0.1, 0.15) is 42.9 Å². The average Bonchev–Trinajstić information content (AvgIpc) is 1.20. The number of nitrogens with one attached hydrogen (secondary N) is 3. The second kappa shape index (κ2) is 49.2. The zero-order chi connectivity index (χ0) is 67.2. The maximum absolute atomic E-state index is 13.2. The van der Waals surface area contributed by atoms with Gasteiger partial charge in [0.25, 0.3) is 6.47 Å². The number of alkyl halides is 1. The van der Waals surface area contributed by atoms with E-state index in [1.54, 1.807) is 11.5 Å². The van der Waals surface area contributed by atoms with Crippen LogP contribution in [0.3, 0.4) is 0 Å². The van der Waals surface area contributed by atoms with Crippen LogP contribution in [0.5, 0.6) is 17.2 Å². The van der Waals surface area contributed by atoms with Gasteiger partial charge in [0.15, 0.2) is 0 Å². The van der Waals surface area contributed by atoms with Gasteiger partial charge in [-0.25, -0.2) is 9.48 Å². The molecule has 0 atom stereocenters. The van der Waals surface area contributed by atoms with Crippen molar-refractivity contribution in [2.75, 3.05) is 179 Å². The smallest absolute Gasteiger partial charge is 1.00 e. The molecular weight excluding hydrogens is 1420 g/mol. The van der Waals surface area contributed by atoms with Crippen LogP contribution in [0.25, 0.3) is 38.0 Å². The quantitative estimate of drug-likeness (QED) is 0.0175. The molecule has 0 spiro atoms. The fourth-order valence-corrected chi connectivity index (χ4v) is 11.2. The predicted molar refractivity (Wildman–Crippen MR) is 400 cm³/mol. The second-order valence-corrected chi connectivity index (χ2v) is 24.4. The summed E-state index contributed by atoms with van der Waals surface area (Å²) in [6.07, 6.45) is 0. The Morgan fingerprint density at radius 2 is 0.960 bits per heavy atom. The van der Waals surface area contributed by atoms with Crippen molar-refractivity contribution in [3.63, 3.8) is 0 Å². The molecule has 8 aromatic rings. The number of carbonyl (C=O) groups is 2. The van der Waals surface area contributed by atoms with Crippen molar-refractivity contribution in [3.8, 4) is 22.9 Å². The third-order valence-corrected chi connectivity index (χ3v) is 16.3. The number of carbonyl (C=O) groups excluding carboxylic acids is 2. The van der Waals surface area contributed by atoms with Crippen LogP contribution >= 0.6 is 48.8 Å². The molecule has 7 aromatic carbocycles. The average molecular weight is 1510 g/mol. The fourth-order valence-electron chi connectivity index (χ4n) is 10.9. The van der Waals surface area contributed by atoms with Crippen LogP contribution in [0.1, 0.15) is 33.5 Å². The summed E-state index contributed by atoms with van der Waals surface area (Å²) in [5.41, 5.74) is 11.2. The van der Waals surface area contributed by atoms with Crippen LogP contribution in [0.2, 0.25) is 6.82 Å². The largest absolute Gasteiger partial charge is 1.00 e. The van der Waals surface area contributed by atoms with Gasteiger partial charge in [-0.3, -0.25) is 29.7 Å². The maximum atomic E-state index is 13.2. The molecule has 0 unspecified atom stereocenters. The number of rotatable bonds is 20. The van der Waals surface area contributed by atoms with Crippen LogP contribution in [0.15, 0.2) is 140 Å². The van der Waals surface area contributed by atoms with Crippen molar-refractivity contribution < 1.29 is 162 Å². The first kappa shape index (κ1) is 90.6. The zero-order valence-corrected chi connectivity index (χ0v) is 68.2. The first-order valence-corrected chi connectivity index (χ1v) is 33.1. The number of aromatic nitrogens is 2. The molecule has 29 heteroatoms. The number of amides is 2. The number of nitrogens with two attached hydrogens (primary N) is 1. The van der Waals surface area contributed by atoms with Crippen molar-refractivity contribution in [1.29, 1.82) is 0 Å². The van der Waals surface area contributed by atoms with E-state index in [0.29, 0.717) is 31.3 Å². The number of nitrogens with zero attached hydrogens (tertiary/aromatic N) is 6. The van der Waals surface area contributed by atoms with E-state index in [1.165, 1.54) is 0 Å². The standard InChI is InChI=1S/C31H37N5O3.C17H23BN2O3.C16H20N2O2.C6H12ClNO.CH2O3.3ClH.2K.H/c1-22-9-11-23(12-10-22)36-29(21-28(34-36)31(2,3)4)33-30(37)32-26-13-14-27(25-8-6-5-7-24(25)26)39-20-17-35-15-18-38-19-16-35;1-18(21)19-16-6-7-17(15-5-3-2-4-14(15)16)23-13-10-20-8-11-22-12-9-20;17-15-5-6-16(14-4-2-1-3-13(14)15)20-12-9-18-7-10-19-11-8-18;7-1-2-8-3-5-9-6-4-8;2-1-4-3;;;;;;/h5-14,21H,15-20H2,1-4H3,(H2,32,33,37);2-7,19,21H,8-13H2,1H3;1-6H,7-12,17H2;1-6H2;1,3H;3*1H;;;/q;;;;;;;;2*+1;-1/p-1. The van der Waals surface area contributed by atoms with Gasteiger partial charge in [-0.15, -0.1) is 48.8 Å². The van der Waals surface area contributed by atoms with Crippen LogP contribution in [-0.2, 0) is 34.0 Å². The topological polar surface area (TPSA) is 244 Å². The molecule has 4 aliphatic rings. The van der Waals surface area contributed by atoms with Gasteiger partial charge in [0, 0.05) is 140 Å². The molecule has 0 saturated carbocycles. The van der Waals surface area contributed by atoms with Crippen LogP contribution in [0, 0.1) is 6.92 Å². The minimum absolute atomic E-state index is 0. The molecule has 100 heavy (non-hydrogen) atoms. The molecule has 22 nitrogen and oxygen atoms in total. The third-order valence-electron chi connectivity index (χ3n) is 16.1. The number of urea groups is 1. The molecule has 4 fully saturated rings. The van der Waals surface area contributed by atoms with E-state index in [0.717, 1.165) is 215 Å². The minimum Gasteiger partial charge on any atom is -1.00 e. The van der Waals surface area contributed by atoms with Gasteiger partial charge >= 0.3 is 116 Å². The number of hydrogen-bond acceptors (Lipinski definition) is 19. The minimum atomic E-state index is -0.591. The third kappa shape index (κ3) is 29.7. The van der Waals surface area contributed by atoms with Crippen LogP contribution in [-0.4, -0.2) is 211 Å². The van der Waals surface area contributed by atoms with E-state index in [4.69, 9.17) is 65.6 Å². The van der Waals surface area contributed by atoms with Crippen molar-refractivity contribution in [3.05, 3.63) is 151 Å². The summed E-state index contributed by atoms with van der Waals surface area (Å²) in [5.74, 6) is 3.93. The van der Waals surface area contributed by atoms with E-state index >= 15 is 0 Å². The number of benzene rings is 7. The Morgan fingerprint density at radius 3 is 1.36 bits per heavy atom. The summed E-state index contributed by atoms with van der Waals surface area (Å²) in [6.45, 7) is 30.0. The van der Waals surface area contributed by atoms with Crippen LogP contribution < -0.4 is 144 Å². The molecular formula is C71H97BCl4K2N10O12. The first-order valence-electron chi connectivity index (χ1n) is 32.6. The van der Waals surface area contributed by atoms with Crippen molar-refractivity contribution in [1.82, 2.24) is 29.4 Å².